The minimum Gasteiger partial charge on any atom is -0.303 e. The Morgan fingerprint density at radius 2 is 0.457 bits per heavy atom. The quantitative estimate of drug-likeness (QED) is 0.0713. The van der Waals surface area contributed by atoms with E-state index in [1.807, 2.05) is 0 Å². The van der Waals surface area contributed by atoms with Gasteiger partial charge in [-0.15, -0.1) is 0 Å². The Morgan fingerprint density at radius 1 is 0.429 bits per heavy atom. The van der Waals surface area contributed by atoms with Gasteiger partial charge in [-0.25, -0.2) is 27.4 Å². The van der Waals surface area contributed by atoms with Gasteiger partial charge in [0.15, 0.2) is 0 Å². The maximum Gasteiger partial charge on any atom is 0.466 e. The molecule has 0 aliphatic carbocycles. The number of carbonyl (C=O) groups excluding carboxylic acids is 1. The molecule has 18 N–H and O–H groups in total. The number of hydrogen-bond donors (Lipinski definition) is 18. The second-order valence-corrected chi connectivity index (χ2v) is 10.2. The molecule has 0 rings (SSSR count). The van der Waals surface area contributed by atoms with Crippen LogP contribution >= 0.6 is 46.9 Å². The number of hydrogen-bond acceptors (Lipinski definition) is 7. The molecule has 0 spiro atoms. The van der Waals surface area contributed by atoms with E-state index in [9.17, 15) is 4.79 Å². The van der Waals surface area contributed by atoms with E-state index < -0.39 is 46.9 Å². The van der Waals surface area contributed by atoms with Crippen molar-refractivity contribution in [2.75, 3.05) is 0 Å². The van der Waals surface area contributed by atoms with Crippen molar-refractivity contribution in [3.8, 4) is 0 Å². The predicted octanol–water partition coefficient (Wildman–Crippen LogP) is -4.81. The summed E-state index contributed by atoms with van der Waals surface area (Å²) in [5.74, 6) is 0. The van der Waals surface area contributed by atoms with Crippen LogP contribution in [0.25, 0.3) is 0 Å². The van der Waals surface area contributed by atoms with Gasteiger partial charge in [0.05, 0.1) is 0 Å². The molecule has 0 aromatic carbocycles. The molecule has 0 aromatic heterocycles. The van der Waals surface area contributed by atoms with E-state index in [1.165, 1.54) is 0 Å². The van der Waals surface area contributed by atoms with Crippen molar-refractivity contribution < 1.29 is 120 Å². The molecule has 0 saturated carbocycles. The first-order valence-electron chi connectivity index (χ1n) is 6.07. The zero-order valence-corrected chi connectivity index (χ0v) is 21.7. The number of aldehydes is 1. The molecule has 220 valence electrons. The molecule has 0 heterocycles. The van der Waals surface area contributed by atoms with E-state index >= 15 is 0 Å². The van der Waals surface area contributed by atoms with Crippen LogP contribution < -0.4 is 0 Å². The second-order valence-electron chi connectivity index (χ2n) is 4.04. The Bertz CT molecular complexity index is 600. The van der Waals surface area contributed by atoms with Crippen molar-refractivity contribution in [1.29, 1.82) is 0 Å². The standard InChI is InChI=1S/C4H6O.6H3O4P/c1-4(2)3-5;6*1-5(2,3)4/h3H,1H2,2H3;6*(H3,1,2,3,4). The van der Waals surface area contributed by atoms with Gasteiger partial charge in [-0.3, -0.25) is 4.79 Å². The molecule has 0 aliphatic heterocycles. The van der Waals surface area contributed by atoms with Crippen molar-refractivity contribution in [2.45, 2.75) is 6.92 Å². The molecule has 0 bridgehead atoms. The molecule has 0 unspecified atom stereocenters. The normalized spacial score (nSPS) is 11.1. The van der Waals surface area contributed by atoms with Crippen LogP contribution in [-0.4, -0.2) is 94.4 Å². The first kappa shape index (κ1) is 51.7. The van der Waals surface area contributed by atoms with Crippen LogP contribution in [0, 0.1) is 0 Å². The lowest BCUT2D eigenvalue weighted by atomic mass is 10.4. The first-order chi connectivity index (χ1) is 14.3. The highest BCUT2D eigenvalue weighted by Gasteiger charge is 2.02. The summed E-state index contributed by atoms with van der Waals surface area (Å²) < 4.78 is 53.3. The van der Waals surface area contributed by atoms with E-state index in [0.717, 1.165) is 6.29 Å². The van der Waals surface area contributed by atoms with Crippen molar-refractivity contribution in [2.24, 2.45) is 0 Å². The average molecular weight is 658 g/mol. The summed E-state index contributed by atoms with van der Waals surface area (Å²) in [6.07, 6.45) is 0.722. The highest BCUT2D eigenvalue weighted by atomic mass is 31.2. The topological polar surface area (TPSA) is 484 Å². The lowest BCUT2D eigenvalue weighted by molar-refractivity contribution is -0.104. The van der Waals surface area contributed by atoms with E-state index in [4.69, 9.17) is 115 Å². The Kier molecular flexibility index (Phi) is 34.3. The fraction of sp³-hybridized carbons (Fsp3) is 0.250. The van der Waals surface area contributed by atoms with Crippen molar-refractivity contribution in [3.63, 3.8) is 0 Å². The van der Waals surface area contributed by atoms with Gasteiger partial charge in [-0.05, 0) is 12.5 Å². The summed E-state index contributed by atoms with van der Waals surface area (Å²) in [5.41, 5.74) is 0.574. The third-order valence-electron chi connectivity index (χ3n) is 0.201. The number of allylic oxidation sites excluding steroid dienone is 1. The largest absolute Gasteiger partial charge is 0.466 e. The van der Waals surface area contributed by atoms with Gasteiger partial charge in [0.2, 0.25) is 0 Å². The summed E-state index contributed by atoms with van der Waals surface area (Å²) in [6.45, 7) is 4.97. The summed E-state index contributed by atoms with van der Waals surface area (Å²) >= 11 is 0. The maximum atomic E-state index is 9.41. The Morgan fingerprint density at radius 3 is 0.457 bits per heavy atom. The fourth-order valence-electron chi connectivity index (χ4n) is 0. The van der Waals surface area contributed by atoms with Crippen LogP contribution in [0.15, 0.2) is 12.2 Å². The zero-order chi connectivity index (χ0) is 31.3. The summed E-state index contributed by atoms with van der Waals surface area (Å²) in [5, 5.41) is 0. The average Bonchev–Trinajstić information content (AvgIpc) is 2.25. The van der Waals surface area contributed by atoms with Crippen LogP contribution in [-0.2, 0) is 32.2 Å². The Hall–Kier alpha value is 0.0700. The molecule has 0 atom stereocenters. The second kappa shape index (κ2) is 23.2. The van der Waals surface area contributed by atoms with Gasteiger partial charge in [0.25, 0.3) is 0 Å². The van der Waals surface area contributed by atoms with Gasteiger partial charge >= 0.3 is 46.9 Å². The molecule has 0 aromatic rings. The van der Waals surface area contributed by atoms with Crippen LogP contribution in [0.4, 0.5) is 0 Å². The van der Waals surface area contributed by atoms with Gasteiger partial charge < -0.3 is 88.1 Å². The van der Waals surface area contributed by atoms with Gasteiger partial charge in [-0.1, -0.05) is 6.58 Å². The van der Waals surface area contributed by atoms with Crippen LogP contribution in [0.1, 0.15) is 6.92 Å². The SMILES string of the molecule is C=C(C)C=O.O=P(O)(O)O.O=P(O)(O)O.O=P(O)(O)O.O=P(O)(O)O.O=P(O)(O)O.O=P(O)(O)O. The highest BCUT2D eigenvalue weighted by molar-refractivity contribution is 7.46. The highest BCUT2D eigenvalue weighted by Crippen LogP contribution is 2.27. The van der Waals surface area contributed by atoms with E-state index in [2.05, 4.69) is 6.58 Å². The smallest absolute Gasteiger partial charge is 0.303 e. The lowest BCUT2D eigenvalue weighted by Gasteiger charge is -1.82. The summed E-state index contributed by atoms with van der Waals surface area (Å²) in [6, 6.07) is 0. The molecular formula is C4H24O25P6. The molecule has 0 amide bonds. The van der Waals surface area contributed by atoms with Crippen molar-refractivity contribution in [3.05, 3.63) is 12.2 Å². The number of phosphoric acid groups is 6. The van der Waals surface area contributed by atoms with Gasteiger partial charge in [0.1, 0.15) is 6.29 Å². The molecular weight excluding hydrogens is 634 g/mol. The summed E-state index contributed by atoms with van der Waals surface area (Å²) in [4.78, 5) is 139. The van der Waals surface area contributed by atoms with Crippen molar-refractivity contribution in [1.82, 2.24) is 0 Å². The zero-order valence-electron chi connectivity index (χ0n) is 16.4. The predicted molar refractivity (Wildman–Crippen MR) is 106 cm³/mol. The minimum absolute atomic E-state index is 0.574. The minimum atomic E-state index is -4.64. The van der Waals surface area contributed by atoms with Crippen LogP contribution in [0.3, 0.4) is 0 Å². The number of carbonyl (C=O) groups is 1. The third-order valence-corrected chi connectivity index (χ3v) is 0.201. The van der Waals surface area contributed by atoms with E-state index in [0.29, 0.717) is 5.57 Å². The molecule has 35 heavy (non-hydrogen) atoms. The Balaban J connectivity index is -0.0000000523. The van der Waals surface area contributed by atoms with E-state index in [1.54, 1.807) is 6.92 Å². The third kappa shape index (κ3) is 8180. The fourth-order valence-corrected chi connectivity index (χ4v) is 0. The molecule has 25 nitrogen and oxygen atoms in total. The van der Waals surface area contributed by atoms with Gasteiger partial charge in [0, 0.05) is 0 Å². The maximum absolute atomic E-state index is 9.41. The molecule has 0 saturated heterocycles. The molecule has 0 aliphatic rings. The van der Waals surface area contributed by atoms with Crippen LogP contribution in [0.5, 0.6) is 0 Å². The molecule has 0 fully saturated rings. The van der Waals surface area contributed by atoms with Crippen LogP contribution in [0.2, 0.25) is 0 Å². The Labute approximate surface area is 193 Å². The molecule has 31 heteroatoms. The van der Waals surface area contributed by atoms with Crippen molar-refractivity contribution >= 4 is 53.2 Å². The monoisotopic (exact) mass is 658 g/mol. The van der Waals surface area contributed by atoms with E-state index in [-0.39, 0.29) is 0 Å². The van der Waals surface area contributed by atoms with Gasteiger partial charge in [-0.2, -0.15) is 0 Å². The first-order valence-corrected chi connectivity index (χ1v) is 15.5. The lowest BCUT2D eigenvalue weighted by Crippen LogP contribution is -1.66. The summed E-state index contributed by atoms with van der Waals surface area (Å²) in [7, 11) is -27.8. The number of rotatable bonds is 1. The molecule has 0 radical (unpaired) electrons.